The maximum absolute atomic E-state index is 6.89. The van der Waals surface area contributed by atoms with Gasteiger partial charge in [-0.3, -0.25) is 0 Å². The molecular weight excluding hydrogens is 316 g/mol. The standard InChI is InChI=1S/C24H40N2/c1-3-11-19-21(17-13-7-5-8-14-17)20(12-4-2)24(26)22(23(19)25)18-15-9-6-10-16-18/h17-18H,3-16,25-26H2,1-2H3. The predicted molar refractivity (Wildman–Crippen MR) is 115 cm³/mol. The zero-order valence-electron chi connectivity index (χ0n) is 17.2. The first-order chi connectivity index (χ1) is 12.7. The van der Waals surface area contributed by atoms with Gasteiger partial charge in [0.2, 0.25) is 0 Å². The summed E-state index contributed by atoms with van der Waals surface area (Å²) in [5.74, 6) is 1.28. The van der Waals surface area contributed by atoms with Crippen LogP contribution in [-0.4, -0.2) is 0 Å². The van der Waals surface area contributed by atoms with Gasteiger partial charge in [0.05, 0.1) is 0 Å². The van der Waals surface area contributed by atoms with Crippen molar-refractivity contribution in [3.63, 3.8) is 0 Å². The molecule has 1 aromatic rings. The maximum Gasteiger partial charge on any atom is 0.0405 e. The van der Waals surface area contributed by atoms with Gasteiger partial charge in [0.15, 0.2) is 0 Å². The van der Waals surface area contributed by atoms with Crippen LogP contribution in [0.2, 0.25) is 0 Å². The Morgan fingerprint density at radius 2 is 1.00 bits per heavy atom. The zero-order valence-corrected chi connectivity index (χ0v) is 17.2. The van der Waals surface area contributed by atoms with E-state index < -0.39 is 0 Å². The summed E-state index contributed by atoms with van der Waals surface area (Å²) >= 11 is 0. The quantitative estimate of drug-likeness (QED) is 0.547. The smallest absolute Gasteiger partial charge is 0.0405 e. The second-order valence-corrected chi connectivity index (χ2v) is 8.78. The fraction of sp³-hybridized carbons (Fsp3) is 0.750. The van der Waals surface area contributed by atoms with Crippen LogP contribution in [0, 0.1) is 0 Å². The molecule has 0 saturated heterocycles. The monoisotopic (exact) mass is 356 g/mol. The second kappa shape index (κ2) is 9.15. The summed E-state index contributed by atoms with van der Waals surface area (Å²) in [6.45, 7) is 4.58. The molecule has 2 aliphatic rings. The summed E-state index contributed by atoms with van der Waals surface area (Å²) in [5, 5.41) is 0. The lowest BCUT2D eigenvalue weighted by Crippen LogP contribution is -2.19. The third kappa shape index (κ3) is 3.89. The Morgan fingerprint density at radius 3 is 1.38 bits per heavy atom. The van der Waals surface area contributed by atoms with Gasteiger partial charge < -0.3 is 11.5 Å². The molecule has 26 heavy (non-hydrogen) atoms. The Morgan fingerprint density at radius 1 is 0.615 bits per heavy atom. The van der Waals surface area contributed by atoms with Crippen LogP contribution in [0.25, 0.3) is 0 Å². The van der Waals surface area contributed by atoms with E-state index in [-0.39, 0.29) is 0 Å². The number of benzene rings is 1. The Hall–Kier alpha value is -1.18. The van der Waals surface area contributed by atoms with E-state index in [1.165, 1.54) is 93.7 Å². The molecule has 146 valence electrons. The molecule has 0 heterocycles. The molecule has 0 amide bonds. The third-order valence-electron chi connectivity index (χ3n) is 6.91. The fourth-order valence-corrected chi connectivity index (χ4v) is 5.70. The molecule has 1 aromatic carbocycles. The number of nitrogens with two attached hydrogens (primary N) is 2. The molecule has 2 fully saturated rings. The molecule has 0 atom stereocenters. The fourth-order valence-electron chi connectivity index (χ4n) is 5.70. The van der Waals surface area contributed by atoms with Crippen LogP contribution in [0.15, 0.2) is 0 Å². The van der Waals surface area contributed by atoms with E-state index in [9.17, 15) is 0 Å². The summed E-state index contributed by atoms with van der Waals surface area (Å²) < 4.78 is 0. The van der Waals surface area contributed by atoms with Crippen LogP contribution in [0.3, 0.4) is 0 Å². The van der Waals surface area contributed by atoms with E-state index in [1.807, 2.05) is 0 Å². The van der Waals surface area contributed by atoms with Crippen molar-refractivity contribution in [2.24, 2.45) is 0 Å². The number of anilines is 2. The Bertz CT molecular complexity index is 560. The van der Waals surface area contributed by atoms with Crippen molar-refractivity contribution in [2.75, 3.05) is 11.5 Å². The van der Waals surface area contributed by atoms with Gasteiger partial charge in [-0.25, -0.2) is 0 Å². The van der Waals surface area contributed by atoms with E-state index >= 15 is 0 Å². The van der Waals surface area contributed by atoms with Gasteiger partial charge >= 0.3 is 0 Å². The van der Waals surface area contributed by atoms with Crippen molar-refractivity contribution < 1.29 is 0 Å². The van der Waals surface area contributed by atoms with Crippen LogP contribution in [-0.2, 0) is 12.8 Å². The van der Waals surface area contributed by atoms with E-state index in [4.69, 9.17) is 11.5 Å². The van der Waals surface area contributed by atoms with Crippen molar-refractivity contribution in [2.45, 2.75) is 116 Å². The van der Waals surface area contributed by atoms with Gasteiger partial charge in [-0.05, 0) is 67.1 Å². The molecule has 2 saturated carbocycles. The number of rotatable bonds is 6. The molecule has 2 nitrogen and oxygen atoms in total. The molecule has 2 heteroatoms. The molecular formula is C24H40N2. The average Bonchev–Trinajstić information content (AvgIpc) is 2.67. The van der Waals surface area contributed by atoms with Gasteiger partial charge in [0.1, 0.15) is 0 Å². The topological polar surface area (TPSA) is 52.0 Å². The molecule has 4 N–H and O–H groups in total. The maximum atomic E-state index is 6.89. The summed E-state index contributed by atoms with van der Waals surface area (Å²) in [5.41, 5.74) is 21.8. The lowest BCUT2D eigenvalue weighted by molar-refractivity contribution is 0.436. The molecule has 0 aliphatic heterocycles. The van der Waals surface area contributed by atoms with E-state index in [0.29, 0.717) is 11.8 Å². The minimum absolute atomic E-state index is 0.593. The first-order valence-electron chi connectivity index (χ1n) is 11.4. The molecule has 0 unspecified atom stereocenters. The highest BCUT2D eigenvalue weighted by molar-refractivity contribution is 5.74. The van der Waals surface area contributed by atoms with E-state index in [1.54, 1.807) is 5.56 Å². The molecule has 0 bridgehead atoms. The lowest BCUT2D eigenvalue weighted by atomic mass is 9.73. The highest BCUT2D eigenvalue weighted by atomic mass is 14.7. The molecule has 3 rings (SSSR count). The normalized spacial score (nSPS) is 19.8. The average molecular weight is 357 g/mol. The number of hydrogen-bond donors (Lipinski definition) is 2. The van der Waals surface area contributed by atoms with Crippen molar-refractivity contribution in [3.8, 4) is 0 Å². The Kier molecular flexibility index (Phi) is 6.89. The highest BCUT2D eigenvalue weighted by Gasteiger charge is 2.29. The Labute approximate surface area is 161 Å². The lowest BCUT2D eigenvalue weighted by Gasteiger charge is -2.33. The van der Waals surface area contributed by atoms with Gasteiger partial charge in [-0.15, -0.1) is 0 Å². The summed E-state index contributed by atoms with van der Waals surface area (Å²) in [4.78, 5) is 0. The van der Waals surface area contributed by atoms with Crippen LogP contribution in [0.5, 0.6) is 0 Å². The van der Waals surface area contributed by atoms with Gasteiger partial charge in [-0.1, -0.05) is 65.2 Å². The van der Waals surface area contributed by atoms with Gasteiger partial charge in [0, 0.05) is 16.9 Å². The van der Waals surface area contributed by atoms with Crippen LogP contribution < -0.4 is 11.5 Å². The largest absolute Gasteiger partial charge is 0.398 e. The SMILES string of the molecule is CCCc1c(N)c(C2CCCCC2)c(N)c(CCC)c1C1CCCCC1. The van der Waals surface area contributed by atoms with Crippen LogP contribution in [0.4, 0.5) is 11.4 Å². The van der Waals surface area contributed by atoms with Crippen LogP contribution in [0.1, 0.15) is 125 Å². The molecule has 0 spiro atoms. The summed E-state index contributed by atoms with van der Waals surface area (Å²) in [7, 11) is 0. The van der Waals surface area contributed by atoms with E-state index in [2.05, 4.69) is 13.8 Å². The molecule has 2 aliphatic carbocycles. The summed E-state index contributed by atoms with van der Waals surface area (Å²) in [6, 6.07) is 0. The molecule has 0 aromatic heterocycles. The van der Waals surface area contributed by atoms with Crippen LogP contribution >= 0.6 is 0 Å². The van der Waals surface area contributed by atoms with E-state index in [0.717, 1.165) is 24.2 Å². The summed E-state index contributed by atoms with van der Waals surface area (Å²) in [6.07, 6.45) is 18.0. The third-order valence-corrected chi connectivity index (χ3v) is 6.91. The number of nitrogen functional groups attached to an aromatic ring is 2. The first-order valence-corrected chi connectivity index (χ1v) is 11.4. The minimum Gasteiger partial charge on any atom is -0.398 e. The molecule has 0 radical (unpaired) electrons. The van der Waals surface area contributed by atoms with Gasteiger partial charge in [-0.2, -0.15) is 0 Å². The van der Waals surface area contributed by atoms with Gasteiger partial charge in [0.25, 0.3) is 0 Å². The van der Waals surface area contributed by atoms with Crippen molar-refractivity contribution in [1.82, 2.24) is 0 Å². The Balaban J connectivity index is 2.14. The first kappa shape index (κ1) is 19.6. The number of hydrogen-bond acceptors (Lipinski definition) is 2. The minimum atomic E-state index is 0.593. The predicted octanol–water partition coefficient (Wildman–Crippen LogP) is 6.85. The van der Waals surface area contributed by atoms with Crippen molar-refractivity contribution in [1.29, 1.82) is 0 Å². The van der Waals surface area contributed by atoms with Crippen molar-refractivity contribution in [3.05, 3.63) is 22.3 Å². The highest BCUT2D eigenvalue weighted by Crippen LogP contribution is 2.47. The second-order valence-electron chi connectivity index (χ2n) is 8.78. The zero-order chi connectivity index (χ0) is 18.5. The van der Waals surface area contributed by atoms with Crippen molar-refractivity contribution >= 4 is 11.4 Å².